The largest absolute Gasteiger partial charge is 0.573 e. The number of hydrogen-bond acceptors (Lipinski definition) is 7. The van der Waals surface area contributed by atoms with Crippen LogP contribution < -0.4 is 9.47 Å². The maximum Gasteiger partial charge on any atom is 0.573 e. The van der Waals surface area contributed by atoms with Crippen LogP contribution in [-0.2, 0) is 6.54 Å². The highest BCUT2D eigenvalue weighted by atomic mass is 19.4. The fourth-order valence-corrected chi connectivity index (χ4v) is 3.28. The first-order valence-electron chi connectivity index (χ1n) is 10.8. The average molecular weight is 487 g/mol. The molecule has 35 heavy (non-hydrogen) atoms. The number of benzene rings is 2. The second-order valence-corrected chi connectivity index (χ2v) is 8.12. The van der Waals surface area contributed by atoms with Crippen molar-refractivity contribution in [2.75, 3.05) is 27.2 Å². The summed E-state index contributed by atoms with van der Waals surface area (Å²) < 4.78 is 53.9. The van der Waals surface area contributed by atoms with E-state index >= 15 is 0 Å². The van der Waals surface area contributed by atoms with Crippen LogP contribution in [0, 0.1) is 6.92 Å². The van der Waals surface area contributed by atoms with Gasteiger partial charge in [-0.05, 0) is 69.0 Å². The number of aryl methyl sites for hydroxylation is 1. The van der Waals surface area contributed by atoms with Gasteiger partial charge in [-0.15, -0.1) is 13.2 Å². The summed E-state index contributed by atoms with van der Waals surface area (Å²) >= 11 is 0. The Morgan fingerprint density at radius 1 is 1.03 bits per heavy atom. The van der Waals surface area contributed by atoms with Crippen molar-refractivity contribution in [3.63, 3.8) is 0 Å². The normalized spacial score (nSPS) is 11.7. The molecule has 2 aromatic heterocycles. The van der Waals surface area contributed by atoms with E-state index in [0.29, 0.717) is 24.4 Å². The van der Waals surface area contributed by atoms with Crippen LogP contribution in [0.1, 0.15) is 11.3 Å². The van der Waals surface area contributed by atoms with Gasteiger partial charge < -0.3 is 18.9 Å². The number of nitrogens with zero attached hydrogens (tertiary/aromatic N) is 5. The number of rotatable bonds is 9. The standard InChI is InChI=1S/C24H24F3N5O3/c1-16-13-21(29-32(16)15-17-5-4-6-20(14-17)33-12-11-31(2)3)23-28-22(30-35-23)18-7-9-19(10-8-18)34-24(25,26)27/h4-10,13-14H,11-12,15H2,1-3H3. The van der Waals surface area contributed by atoms with Gasteiger partial charge in [0.05, 0.1) is 6.54 Å². The Bertz CT molecular complexity index is 1270. The van der Waals surface area contributed by atoms with Gasteiger partial charge >= 0.3 is 6.36 Å². The molecule has 0 radical (unpaired) electrons. The molecule has 2 heterocycles. The monoisotopic (exact) mass is 487 g/mol. The van der Waals surface area contributed by atoms with Gasteiger partial charge in [-0.1, -0.05) is 17.3 Å². The molecule has 0 spiro atoms. The maximum atomic E-state index is 12.3. The van der Waals surface area contributed by atoms with Crippen molar-refractivity contribution in [2.45, 2.75) is 19.8 Å². The lowest BCUT2D eigenvalue weighted by atomic mass is 10.2. The zero-order chi connectivity index (χ0) is 25.0. The molecular weight excluding hydrogens is 463 g/mol. The first-order chi connectivity index (χ1) is 16.7. The second-order valence-electron chi connectivity index (χ2n) is 8.12. The number of likely N-dealkylation sites (N-methyl/N-ethyl adjacent to an activating group) is 1. The van der Waals surface area contributed by atoms with E-state index in [-0.39, 0.29) is 17.5 Å². The summed E-state index contributed by atoms with van der Waals surface area (Å²) in [6, 6.07) is 14.9. The number of alkyl halides is 3. The molecule has 0 amide bonds. The van der Waals surface area contributed by atoms with Gasteiger partial charge in [0.15, 0.2) is 5.69 Å². The third-order valence-electron chi connectivity index (χ3n) is 5.01. The van der Waals surface area contributed by atoms with Gasteiger partial charge in [0.2, 0.25) is 5.82 Å². The molecule has 0 aliphatic rings. The Kier molecular flexibility index (Phi) is 7.06. The Morgan fingerprint density at radius 3 is 2.51 bits per heavy atom. The topological polar surface area (TPSA) is 78.4 Å². The van der Waals surface area contributed by atoms with Crippen LogP contribution in [0.4, 0.5) is 13.2 Å². The Balaban J connectivity index is 1.45. The van der Waals surface area contributed by atoms with E-state index in [1.165, 1.54) is 24.3 Å². The van der Waals surface area contributed by atoms with Crippen molar-refractivity contribution in [3.8, 4) is 34.5 Å². The molecule has 0 fully saturated rings. The van der Waals surface area contributed by atoms with Crippen LogP contribution in [0.15, 0.2) is 59.1 Å². The minimum atomic E-state index is -4.75. The minimum Gasteiger partial charge on any atom is -0.492 e. The predicted molar refractivity (Wildman–Crippen MR) is 122 cm³/mol. The Hall–Kier alpha value is -3.86. The molecule has 0 unspecified atom stereocenters. The summed E-state index contributed by atoms with van der Waals surface area (Å²) in [4.78, 5) is 6.39. The van der Waals surface area contributed by atoms with E-state index in [9.17, 15) is 13.2 Å². The third kappa shape index (κ3) is 6.60. The molecule has 8 nitrogen and oxygen atoms in total. The summed E-state index contributed by atoms with van der Waals surface area (Å²) in [5.74, 6) is 0.903. The van der Waals surface area contributed by atoms with Crippen molar-refractivity contribution < 1.29 is 27.2 Å². The van der Waals surface area contributed by atoms with Crippen LogP contribution in [0.3, 0.4) is 0 Å². The minimum absolute atomic E-state index is 0.207. The molecule has 0 saturated carbocycles. The molecular formula is C24H24F3N5O3. The molecule has 0 N–H and O–H groups in total. The molecule has 0 atom stereocenters. The van der Waals surface area contributed by atoms with Gasteiger partial charge in [0.25, 0.3) is 5.89 Å². The Morgan fingerprint density at radius 2 is 1.80 bits per heavy atom. The SMILES string of the molecule is Cc1cc(-c2nc(-c3ccc(OC(F)(F)F)cc3)no2)nn1Cc1cccc(OCCN(C)C)c1. The zero-order valence-electron chi connectivity index (χ0n) is 19.4. The van der Waals surface area contributed by atoms with Crippen molar-refractivity contribution in [1.82, 2.24) is 24.8 Å². The highest BCUT2D eigenvalue weighted by Crippen LogP contribution is 2.27. The average Bonchev–Trinajstić information content (AvgIpc) is 3.41. The lowest BCUT2D eigenvalue weighted by Crippen LogP contribution is -2.19. The molecule has 11 heteroatoms. The Labute approximate surface area is 199 Å². The van der Waals surface area contributed by atoms with Gasteiger partial charge in [-0.2, -0.15) is 10.1 Å². The molecule has 184 valence electrons. The van der Waals surface area contributed by atoms with Crippen molar-refractivity contribution in [2.24, 2.45) is 0 Å². The smallest absolute Gasteiger partial charge is 0.492 e. The van der Waals surface area contributed by atoms with Crippen LogP contribution in [0.25, 0.3) is 23.0 Å². The van der Waals surface area contributed by atoms with Crippen LogP contribution in [0.5, 0.6) is 11.5 Å². The summed E-state index contributed by atoms with van der Waals surface area (Å²) in [6.07, 6.45) is -4.75. The first kappa shape index (κ1) is 24.3. The van der Waals surface area contributed by atoms with E-state index in [1.807, 2.05) is 56.0 Å². The van der Waals surface area contributed by atoms with Crippen molar-refractivity contribution in [3.05, 3.63) is 65.9 Å². The predicted octanol–water partition coefficient (Wildman–Crippen LogP) is 4.80. The van der Waals surface area contributed by atoms with E-state index < -0.39 is 6.36 Å². The number of halogens is 3. The van der Waals surface area contributed by atoms with Crippen molar-refractivity contribution in [1.29, 1.82) is 0 Å². The van der Waals surface area contributed by atoms with E-state index in [1.54, 1.807) is 0 Å². The molecule has 4 aromatic rings. The summed E-state index contributed by atoms with van der Waals surface area (Å²) in [6.45, 7) is 3.87. The van der Waals surface area contributed by atoms with Crippen LogP contribution in [0.2, 0.25) is 0 Å². The number of ether oxygens (including phenoxy) is 2. The van der Waals surface area contributed by atoms with Gasteiger partial charge in [-0.3, -0.25) is 4.68 Å². The van der Waals surface area contributed by atoms with E-state index in [0.717, 1.165) is 23.6 Å². The highest BCUT2D eigenvalue weighted by Gasteiger charge is 2.31. The van der Waals surface area contributed by atoms with E-state index in [4.69, 9.17) is 9.26 Å². The molecule has 4 rings (SSSR count). The lowest BCUT2D eigenvalue weighted by Gasteiger charge is -2.12. The van der Waals surface area contributed by atoms with Crippen LogP contribution in [-0.4, -0.2) is 58.4 Å². The molecule has 0 saturated heterocycles. The molecule has 0 aliphatic heterocycles. The lowest BCUT2D eigenvalue weighted by molar-refractivity contribution is -0.274. The quantitative estimate of drug-likeness (QED) is 0.336. The number of hydrogen-bond donors (Lipinski definition) is 0. The second kappa shape index (κ2) is 10.2. The third-order valence-corrected chi connectivity index (χ3v) is 5.01. The number of aromatic nitrogens is 4. The molecule has 0 aliphatic carbocycles. The zero-order valence-corrected chi connectivity index (χ0v) is 19.4. The van der Waals surface area contributed by atoms with E-state index in [2.05, 4.69) is 24.9 Å². The fraction of sp³-hybridized carbons (Fsp3) is 0.292. The maximum absolute atomic E-state index is 12.3. The van der Waals surface area contributed by atoms with Gasteiger partial charge in [-0.25, -0.2) is 0 Å². The van der Waals surface area contributed by atoms with Gasteiger partial charge in [0, 0.05) is 17.8 Å². The summed E-state index contributed by atoms with van der Waals surface area (Å²) in [5.41, 5.74) is 2.90. The fourth-order valence-electron chi connectivity index (χ4n) is 3.28. The van der Waals surface area contributed by atoms with Gasteiger partial charge in [0.1, 0.15) is 18.1 Å². The first-order valence-corrected chi connectivity index (χ1v) is 10.8. The van der Waals surface area contributed by atoms with Crippen LogP contribution >= 0.6 is 0 Å². The molecule has 0 bridgehead atoms. The highest BCUT2D eigenvalue weighted by molar-refractivity contribution is 5.59. The summed E-state index contributed by atoms with van der Waals surface area (Å²) in [5, 5.41) is 8.50. The summed E-state index contributed by atoms with van der Waals surface area (Å²) in [7, 11) is 3.99. The van der Waals surface area contributed by atoms with Crippen molar-refractivity contribution >= 4 is 0 Å². The molecule has 2 aromatic carbocycles.